The third-order valence-corrected chi connectivity index (χ3v) is 3.50. The summed E-state index contributed by atoms with van der Waals surface area (Å²) in [5, 5.41) is 12.2. The van der Waals surface area contributed by atoms with Crippen LogP contribution in [0.15, 0.2) is 59.4 Å². The van der Waals surface area contributed by atoms with Gasteiger partial charge in [-0.1, -0.05) is 23.7 Å². The number of aromatic carboxylic acids is 1. The quantitative estimate of drug-likeness (QED) is 0.779. The van der Waals surface area contributed by atoms with Crippen molar-refractivity contribution in [3.63, 3.8) is 0 Å². The summed E-state index contributed by atoms with van der Waals surface area (Å²) < 4.78 is 1.61. The van der Waals surface area contributed by atoms with Crippen LogP contribution >= 0.6 is 11.6 Å². The number of aromatic nitrogens is 2. The lowest BCUT2D eigenvalue weighted by atomic mass is 10.1. The Morgan fingerprint density at radius 1 is 1.05 bits per heavy atom. The zero-order valence-electron chi connectivity index (χ0n) is 11.3. The lowest BCUT2D eigenvalue weighted by Gasteiger charge is -2.09. The van der Waals surface area contributed by atoms with Crippen LogP contribution in [0, 0.1) is 0 Å². The summed E-state index contributed by atoms with van der Waals surface area (Å²) in [4.78, 5) is 22.6. The van der Waals surface area contributed by atoms with Crippen molar-refractivity contribution in [2.75, 3.05) is 0 Å². The average molecular weight is 315 g/mol. The van der Waals surface area contributed by atoms with E-state index in [0.29, 0.717) is 16.4 Å². The Kier molecular flexibility index (Phi) is 3.56. The van der Waals surface area contributed by atoms with E-state index in [2.05, 4.69) is 5.10 Å². The summed E-state index contributed by atoms with van der Waals surface area (Å²) in [5.41, 5.74) is 2.10. The molecule has 2 aromatic carbocycles. The summed E-state index contributed by atoms with van der Waals surface area (Å²) in [6.07, 6.45) is 0. The largest absolute Gasteiger partial charge is 0.478 e. The number of carboxylic acid groups (broad SMARTS) is 1. The molecule has 3 aromatic rings. The molecule has 0 aliphatic heterocycles. The normalized spacial score (nSPS) is 10.6. The highest BCUT2D eigenvalue weighted by atomic mass is 35.5. The SMILES string of the molecule is O=C(O)c1ccc(-n2[nH]c(=O)cc2-c2ccc(Cl)cc2)cc1. The minimum Gasteiger partial charge on any atom is -0.478 e. The molecule has 1 heterocycles. The first-order chi connectivity index (χ1) is 10.5. The Bertz CT molecular complexity index is 877. The summed E-state index contributed by atoms with van der Waals surface area (Å²) in [5.74, 6) is -0.995. The molecule has 0 aliphatic carbocycles. The number of nitrogens with one attached hydrogen (secondary N) is 1. The number of aromatic amines is 1. The molecule has 2 N–H and O–H groups in total. The van der Waals surface area contributed by atoms with Crippen LogP contribution in [0.5, 0.6) is 0 Å². The Balaban J connectivity index is 2.09. The number of rotatable bonds is 3. The van der Waals surface area contributed by atoms with E-state index in [9.17, 15) is 9.59 Å². The van der Waals surface area contributed by atoms with E-state index in [0.717, 1.165) is 5.56 Å². The maximum atomic E-state index is 11.7. The fourth-order valence-corrected chi connectivity index (χ4v) is 2.31. The van der Waals surface area contributed by atoms with Gasteiger partial charge in [0.15, 0.2) is 0 Å². The summed E-state index contributed by atoms with van der Waals surface area (Å²) in [6.45, 7) is 0. The van der Waals surface area contributed by atoms with Crippen molar-refractivity contribution in [2.24, 2.45) is 0 Å². The molecule has 0 unspecified atom stereocenters. The van der Waals surface area contributed by atoms with Crippen molar-refractivity contribution in [3.05, 3.63) is 75.5 Å². The van der Waals surface area contributed by atoms with Crippen LogP contribution in [0.3, 0.4) is 0 Å². The van der Waals surface area contributed by atoms with Crippen LogP contribution < -0.4 is 5.56 Å². The molecule has 0 bridgehead atoms. The lowest BCUT2D eigenvalue weighted by molar-refractivity contribution is 0.0697. The first-order valence-electron chi connectivity index (χ1n) is 6.46. The molecule has 0 amide bonds. The van der Waals surface area contributed by atoms with Crippen LogP contribution in [-0.2, 0) is 0 Å². The molecule has 0 saturated heterocycles. The maximum Gasteiger partial charge on any atom is 0.335 e. The third kappa shape index (κ3) is 2.66. The van der Waals surface area contributed by atoms with Crippen molar-refractivity contribution in [3.8, 4) is 16.9 Å². The second-order valence-corrected chi connectivity index (χ2v) is 5.14. The fourth-order valence-electron chi connectivity index (χ4n) is 2.18. The number of hydrogen-bond acceptors (Lipinski definition) is 2. The van der Waals surface area contributed by atoms with Crippen LogP contribution in [-0.4, -0.2) is 20.9 Å². The van der Waals surface area contributed by atoms with Gasteiger partial charge in [-0.15, -0.1) is 0 Å². The molecule has 0 atom stereocenters. The van der Waals surface area contributed by atoms with Gasteiger partial charge in [-0.25, -0.2) is 4.79 Å². The molecule has 0 spiro atoms. The smallest absolute Gasteiger partial charge is 0.335 e. The Morgan fingerprint density at radius 3 is 2.27 bits per heavy atom. The van der Waals surface area contributed by atoms with Gasteiger partial charge in [-0.05, 0) is 36.4 Å². The van der Waals surface area contributed by atoms with Gasteiger partial charge in [-0.2, -0.15) is 0 Å². The number of halogens is 1. The van der Waals surface area contributed by atoms with Gasteiger partial charge < -0.3 is 5.11 Å². The molecule has 1 aromatic heterocycles. The molecule has 6 heteroatoms. The highest BCUT2D eigenvalue weighted by molar-refractivity contribution is 6.30. The van der Waals surface area contributed by atoms with Gasteiger partial charge in [0.2, 0.25) is 0 Å². The van der Waals surface area contributed by atoms with Gasteiger partial charge in [0.05, 0.1) is 16.9 Å². The molecule has 0 fully saturated rings. The predicted molar refractivity (Wildman–Crippen MR) is 83.8 cm³/mol. The van der Waals surface area contributed by atoms with Crippen LogP contribution in [0.25, 0.3) is 16.9 Å². The standard InChI is InChI=1S/C16H11ClN2O3/c17-12-5-1-10(2-6-12)14-9-15(20)18-19(14)13-7-3-11(4-8-13)16(21)22/h1-9H,(H,18,20)(H,21,22). The molecule has 5 nitrogen and oxygen atoms in total. The highest BCUT2D eigenvalue weighted by Gasteiger charge is 2.10. The van der Waals surface area contributed by atoms with E-state index >= 15 is 0 Å². The highest BCUT2D eigenvalue weighted by Crippen LogP contribution is 2.23. The van der Waals surface area contributed by atoms with Crippen LogP contribution in [0.1, 0.15) is 10.4 Å². The Hall–Kier alpha value is -2.79. The van der Waals surface area contributed by atoms with E-state index < -0.39 is 5.97 Å². The number of benzene rings is 2. The van der Waals surface area contributed by atoms with Crippen molar-refractivity contribution < 1.29 is 9.90 Å². The third-order valence-electron chi connectivity index (χ3n) is 3.24. The second-order valence-electron chi connectivity index (χ2n) is 4.70. The van der Waals surface area contributed by atoms with Crippen LogP contribution in [0.2, 0.25) is 5.02 Å². The number of nitrogens with zero attached hydrogens (tertiary/aromatic N) is 1. The van der Waals surface area contributed by atoms with Crippen LogP contribution in [0.4, 0.5) is 0 Å². The number of carbonyl (C=O) groups is 1. The number of carboxylic acids is 1. The van der Waals surface area contributed by atoms with Crippen molar-refractivity contribution >= 4 is 17.6 Å². The number of H-pyrrole nitrogens is 1. The van der Waals surface area contributed by atoms with Crippen molar-refractivity contribution in [1.29, 1.82) is 0 Å². The molecular formula is C16H11ClN2O3. The van der Waals surface area contributed by atoms with E-state index in [1.54, 1.807) is 28.9 Å². The summed E-state index contributed by atoms with van der Waals surface area (Å²) in [7, 11) is 0. The summed E-state index contributed by atoms with van der Waals surface area (Å²) in [6, 6.07) is 14.8. The van der Waals surface area contributed by atoms with Crippen molar-refractivity contribution in [1.82, 2.24) is 9.78 Å². The van der Waals surface area contributed by atoms with Crippen molar-refractivity contribution in [2.45, 2.75) is 0 Å². The van der Waals surface area contributed by atoms with E-state index in [4.69, 9.17) is 16.7 Å². The predicted octanol–water partition coefficient (Wildman–Crippen LogP) is 3.18. The minimum atomic E-state index is -0.995. The van der Waals surface area contributed by atoms with E-state index in [1.165, 1.54) is 18.2 Å². The molecular weight excluding hydrogens is 304 g/mol. The van der Waals surface area contributed by atoms with Gasteiger partial charge in [0.1, 0.15) is 0 Å². The van der Waals surface area contributed by atoms with E-state index in [1.807, 2.05) is 12.1 Å². The Morgan fingerprint density at radius 2 is 1.68 bits per heavy atom. The monoisotopic (exact) mass is 314 g/mol. The van der Waals surface area contributed by atoms with Gasteiger partial charge in [0.25, 0.3) is 5.56 Å². The van der Waals surface area contributed by atoms with E-state index in [-0.39, 0.29) is 11.1 Å². The van der Waals surface area contributed by atoms with Gasteiger partial charge >= 0.3 is 5.97 Å². The minimum absolute atomic E-state index is 0.186. The molecule has 110 valence electrons. The molecule has 3 rings (SSSR count). The lowest BCUT2D eigenvalue weighted by Crippen LogP contribution is -2.05. The van der Waals surface area contributed by atoms with Gasteiger partial charge in [0, 0.05) is 16.7 Å². The molecule has 22 heavy (non-hydrogen) atoms. The zero-order chi connectivity index (χ0) is 15.7. The average Bonchev–Trinajstić information content (AvgIpc) is 2.90. The molecule has 0 radical (unpaired) electrons. The first kappa shape index (κ1) is 14.2. The maximum absolute atomic E-state index is 11.7. The molecule has 0 aliphatic rings. The zero-order valence-corrected chi connectivity index (χ0v) is 12.0. The fraction of sp³-hybridized carbons (Fsp3) is 0. The number of hydrogen-bond donors (Lipinski definition) is 2. The summed E-state index contributed by atoms with van der Waals surface area (Å²) >= 11 is 5.88. The Labute approximate surface area is 130 Å². The first-order valence-corrected chi connectivity index (χ1v) is 6.84. The molecule has 0 saturated carbocycles. The van der Waals surface area contributed by atoms with Gasteiger partial charge in [-0.3, -0.25) is 14.6 Å². The topological polar surface area (TPSA) is 75.1 Å². The second kappa shape index (κ2) is 5.54.